The minimum atomic E-state index is -3.41. The molecule has 3 rings (SSSR count). The summed E-state index contributed by atoms with van der Waals surface area (Å²) in [7, 11) is -3.41. The van der Waals surface area contributed by atoms with Crippen molar-refractivity contribution in [2.75, 3.05) is 11.0 Å². The van der Waals surface area contributed by atoms with Crippen LogP contribution >= 0.6 is 22.7 Å². The van der Waals surface area contributed by atoms with Crippen LogP contribution in [-0.2, 0) is 34.3 Å². The molecule has 0 saturated heterocycles. The van der Waals surface area contributed by atoms with Crippen molar-refractivity contribution in [3.8, 4) is 0 Å². The van der Waals surface area contributed by atoms with Gasteiger partial charge in [-0.25, -0.2) is 8.42 Å². The number of hydrogen-bond acceptors (Lipinski definition) is 5. The van der Waals surface area contributed by atoms with Crippen LogP contribution in [0.3, 0.4) is 0 Å². The topological polar surface area (TPSA) is 66.5 Å². The highest BCUT2D eigenvalue weighted by molar-refractivity contribution is 7.92. The molecular weight excluding hydrogens is 400 g/mol. The summed E-state index contributed by atoms with van der Waals surface area (Å²) in [6.45, 7) is 1.08. The Labute approximate surface area is 167 Å². The van der Waals surface area contributed by atoms with E-state index in [9.17, 15) is 13.2 Å². The van der Waals surface area contributed by atoms with Crippen molar-refractivity contribution < 1.29 is 13.2 Å². The Morgan fingerprint density at radius 1 is 0.963 bits per heavy atom. The van der Waals surface area contributed by atoms with Gasteiger partial charge in [0, 0.05) is 9.75 Å². The van der Waals surface area contributed by atoms with Crippen LogP contribution in [0.2, 0.25) is 0 Å². The summed E-state index contributed by atoms with van der Waals surface area (Å²) in [4.78, 5) is 17.1. The first-order valence-corrected chi connectivity index (χ1v) is 11.9. The van der Waals surface area contributed by atoms with Crippen molar-refractivity contribution in [2.24, 2.45) is 0 Å². The summed E-state index contributed by atoms with van der Waals surface area (Å²) >= 11 is 3.23. The quantitative estimate of drug-likeness (QED) is 0.600. The minimum absolute atomic E-state index is 0.0421. The van der Waals surface area contributed by atoms with E-state index in [1.165, 1.54) is 0 Å². The van der Waals surface area contributed by atoms with Crippen LogP contribution in [0.1, 0.15) is 15.3 Å². The minimum Gasteiger partial charge on any atom is -0.332 e. The maximum atomic E-state index is 13.0. The lowest BCUT2D eigenvalue weighted by Gasteiger charge is -2.22. The van der Waals surface area contributed by atoms with E-state index in [0.29, 0.717) is 24.3 Å². The third kappa shape index (κ3) is 5.92. The van der Waals surface area contributed by atoms with Gasteiger partial charge in [-0.1, -0.05) is 30.3 Å². The fraction of sp³-hybridized carbons (Fsp3) is 0.211. The third-order valence-corrected chi connectivity index (χ3v) is 6.17. The van der Waals surface area contributed by atoms with Gasteiger partial charge in [-0.2, -0.15) is 0 Å². The van der Waals surface area contributed by atoms with Crippen LogP contribution in [0.5, 0.6) is 0 Å². The fourth-order valence-electron chi connectivity index (χ4n) is 2.66. The third-order valence-electron chi connectivity index (χ3n) is 3.86. The number of carbonyl (C=O) groups excluding carboxylic acids is 1. The van der Waals surface area contributed by atoms with E-state index < -0.39 is 10.0 Å². The molecule has 0 aliphatic carbocycles. The Bertz CT molecular complexity index is 945. The summed E-state index contributed by atoms with van der Waals surface area (Å²) in [5, 5.41) is 3.99. The molecule has 3 aromatic rings. The highest BCUT2D eigenvalue weighted by atomic mass is 32.2. The van der Waals surface area contributed by atoms with E-state index in [1.54, 1.807) is 46.9 Å². The van der Waals surface area contributed by atoms with E-state index in [2.05, 4.69) is 4.72 Å². The number of thiophene rings is 2. The fourth-order valence-corrected chi connectivity index (χ4v) is 4.70. The molecular formula is C19H20N2O3S3. The van der Waals surface area contributed by atoms with Crippen LogP contribution in [0, 0.1) is 0 Å². The van der Waals surface area contributed by atoms with Gasteiger partial charge >= 0.3 is 0 Å². The van der Waals surface area contributed by atoms with E-state index in [0.717, 1.165) is 16.0 Å². The molecule has 2 aromatic heterocycles. The van der Waals surface area contributed by atoms with Gasteiger partial charge in [0.2, 0.25) is 15.9 Å². The lowest BCUT2D eigenvalue weighted by atomic mass is 10.1. The second kappa shape index (κ2) is 8.69. The van der Waals surface area contributed by atoms with Crippen LogP contribution in [0.25, 0.3) is 0 Å². The molecule has 0 radical (unpaired) electrons. The number of anilines is 1. The van der Waals surface area contributed by atoms with Gasteiger partial charge in [0.25, 0.3) is 0 Å². The van der Waals surface area contributed by atoms with Crippen LogP contribution in [0.4, 0.5) is 5.69 Å². The maximum Gasteiger partial charge on any atom is 0.229 e. The first-order chi connectivity index (χ1) is 12.9. The molecule has 1 N–H and O–H groups in total. The van der Waals surface area contributed by atoms with Crippen molar-refractivity contribution in [1.29, 1.82) is 0 Å². The average Bonchev–Trinajstić information content (AvgIpc) is 3.28. The van der Waals surface area contributed by atoms with E-state index in [-0.39, 0.29) is 12.3 Å². The number of sulfonamides is 1. The van der Waals surface area contributed by atoms with E-state index in [1.807, 2.05) is 39.9 Å². The van der Waals surface area contributed by atoms with E-state index in [4.69, 9.17) is 0 Å². The highest BCUT2D eigenvalue weighted by Crippen LogP contribution is 2.21. The normalized spacial score (nSPS) is 11.3. The number of carbonyl (C=O) groups is 1. The van der Waals surface area contributed by atoms with Crippen LogP contribution in [-0.4, -0.2) is 25.5 Å². The van der Waals surface area contributed by atoms with Gasteiger partial charge in [0.1, 0.15) is 0 Å². The number of benzene rings is 1. The van der Waals surface area contributed by atoms with Crippen molar-refractivity contribution >= 4 is 44.3 Å². The molecule has 1 aromatic carbocycles. The second-order valence-electron chi connectivity index (χ2n) is 6.12. The monoisotopic (exact) mass is 420 g/mol. The van der Waals surface area contributed by atoms with Gasteiger partial charge in [0.15, 0.2) is 0 Å². The molecule has 27 heavy (non-hydrogen) atoms. The lowest BCUT2D eigenvalue weighted by Crippen LogP contribution is -2.31. The molecule has 0 unspecified atom stereocenters. The molecule has 0 saturated carbocycles. The Balaban J connectivity index is 1.80. The molecule has 5 nitrogen and oxygen atoms in total. The van der Waals surface area contributed by atoms with Crippen molar-refractivity contribution in [2.45, 2.75) is 19.5 Å². The van der Waals surface area contributed by atoms with Crippen molar-refractivity contribution in [3.63, 3.8) is 0 Å². The summed E-state index contributed by atoms with van der Waals surface area (Å²) in [6.07, 6.45) is 1.24. The number of amides is 1. The van der Waals surface area contributed by atoms with Crippen molar-refractivity contribution in [1.82, 2.24) is 4.90 Å². The Morgan fingerprint density at radius 3 is 2.07 bits per heavy atom. The average molecular weight is 421 g/mol. The number of para-hydroxylation sites is 1. The number of hydrogen-bond donors (Lipinski definition) is 1. The number of nitrogens with zero attached hydrogens (tertiary/aromatic N) is 1. The van der Waals surface area contributed by atoms with Gasteiger partial charge in [-0.3, -0.25) is 9.52 Å². The smallest absolute Gasteiger partial charge is 0.229 e. The van der Waals surface area contributed by atoms with Crippen molar-refractivity contribution in [3.05, 3.63) is 74.6 Å². The first-order valence-electron chi connectivity index (χ1n) is 8.29. The molecule has 8 heteroatoms. The molecule has 0 fully saturated rings. The van der Waals surface area contributed by atoms with Gasteiger partial charge < -0.3 is 4.90 Å². The Hall–Kier alpha value is -2.16. The molecule has 0 aliphatic rings. The molecule has 2 heterocycles. The largest absolute Gasteiger partial charge is 0.332 e. The van der Waals surface area contributed by atoms with Gasteiger partial charge in [-0.15, -0.1) is 22.7 Å². The summed E-state index contributed by atoms with van der Waals surface area (Å²) in [6, 6.07) is 15.0. The zero-order chi connectivity index (χ0) is 19.3. The zero-order valence-corrected chi connectivity index (χ0v) is 17.2. The van der Waals surface area contributed by atoms with Gasteiger partial charge in [0.05, 0.1) is 31.5 Å². The SMILES string of the molecule is CS(=O)(=O)Nc1ccccc1CC(=O)N(Cc1cccs1)Cc1cccs1. The van der Waals surface area contributed by atoms with Crippen LogP contribution in [0.15, 0.2) is 59.3 Å². The number of rotatable bonds is 8. The Kier molecular flexibility index (Phi) is 6.30. The predicted molar refractivity (Wildman–Crippen MR) is 112 cm³/mol. The summed E-state index contributed by atoms with van der Waals surface area (Å²) in [5.74, 6) is -0.0421. The molecule has 0 aliphatic heterocycles. The molecule has 142 valence electrons. The first kappa shape index (κ1) is 19.6. The number of nitrogens with one attached hydrogen (secondary N) is 1. The summed E-state index contributed by atoms with van der Waals surface area (Å²) < 4.78 is 25.7. The zero-order valence-electron chi connectivity index (χ0n) is 14.8. The molecule has 0 spiro atoms. The summed E-state index contributed by atoms with van der Waals surface area (Å²) in [5.41, 5.74) is 1.11. The second-order valence-corrected chi connectivity index (χ2v) is 9.93. The Morgan fingerprint density at radius 2 is 1.56 bits per heavy atom. The maximum absolute atomic E-state index is 13.0. The molecule has 0 atom stereocenters. The van der Waals surface area contributed by atoms with Gasteiger partial charge in [-0.05, 0) is 34.5 Å². The molecule has 1 amide bonds. The van der Waals surface area contributed by atoms with Crippen LogP contribution < -0.4 is 4.72 Å². The molecule has 0 bridgehead atoms. The predicted octanol–water partition coefficient (Wildman–Crippen LogP) is 3.95. The standard InChI is InChI=1S/C19H20N2O3S3/c1-27(23,24)20-18-9-3-2-6-15(18)12-19(22)21(13-16-7-4-10-25-16)14-17-8-5-11-26-17/h2-11,20H,12-14H2,1H3. The lowest BCUT2D eigenvalue weighted by molar-refractivity contribution is -0.131. The highest BCUT2D eigenvalue weighted by Gasteiger charge is 2.18. The van der Waals surface area contributed by atoms with E-state index >= 15 is 0 Å².